The van der Waals surface area contributed by atoms with Crippen molar-refractivity contribution in [3.05, 3.63) is 120 Å². The summed E-state index contributed by atoms with van der Waals surface area (Å²) in [6, 6.07) is 40.3. The lowest BCUT2D eigenvalue weighted by atomic mass is 9.97. The van der Waals surface area contributed by atoms with Crippen LogP contribution in [0.5, 0.6) is 0 Å². The summed E-state index contributed by atoms with van der Waals surface area (Å²) < 4.78 is 3.19. The first-order valence-electron chi connectivity index (χ1n) is 10.6. The molecule has 3 heteroatoms. The maximum absolute atomic E-state index is 5.21. The van der Waals surface area contributed by atoms with E-state index in [1.165, 1.54) is 10.8 Å². The molecule has 0 unspecified atom stereocenters. The molecular formula is C29H19BrN2. The van der Waals surface area contributed by atoms with Crippen molar-refractivity contribution in [1.82, 2.24) is 9.61 Å². The molecule has 0 N–H and O–H groups in total. The van der Waals surface area contributed by atoms with Crippen molar-refractivity contribution in [3.63, 3.8) is 0 Å². The zero-order chi connectivity index (χ0) is 21.5. The Kier molecular flexibility index (Phi) is 4.62. The summed E-state index contributed by atoms with van der Waals surface area (Å²) in [4.78, 5) is 0. The minimum Gasteiger partial charge on any atom is -0.231 e. The van der Waals surface area contributed by atoms with Gasteiger partial charge in [0.2, 0.25) is 0 Å². The van der Waals surface area contributed by atoms with Crippen LogP contribution in [0.4, 0.5) is 0 Å². The highest BCUT2D eigenvalue weighted by atomic mass is 79.9. The van der Waals surface area contributed by atoms with Crippen LogP contribution in [0.3, 0.4) is 0 Å². The van der Waals surface area contributed by atoms with Gasteiger partial charge in [-0.15, -0.1) is 0 Å². The van der Waals surface area contributed by atoms with Crippen LogP contribution in [0.25, 0.3) is 49.9 Å². The number of aromatic nitrogens is 2. The summed E-state index contributed by atoms with van der Waals surface area (Å²) >= 11 is 3.58. The molecule has 6 rings (SSSR count). The molecule has 2 aromatic heterocycles. The fraction of sp³-hybridized carbons (Fsp3) is 0. The van der Waals surface area contributed by atoms with Gasteiger partial charge in [-0.3, -0.25) is 0 Å². The third kappa shape index (κ3) is 3.14. The number of rotatable bonds is 3. The largest absolute Gasteiger partial charge is 0.231 e. The quantitative estimate of drug-likeness (QED) is 0.252. The van der Waals surface area contributed by atoms with E-state index in [-0.39, 0.29) is 0 Å². The third-order valence-corrected chi connectivity index (χ3v) is 6.40. The average Bonchev–Trinajstić information content (AvgIpc) is 3.26. The molecule has 0 fully saturated rings. The van der Waals surface area contributed by atoms with Gasteiger partial charge in [-0.25, -0.2) is 4.52 Å². The van der Waals surface area contributed by atoms with Crippen molar-refractivity contribution in [3.8, 4) is 33.6 Å². The van der Waals surface area contributed by atoms with E-state index in [0.29, 0.717) is 0 Å². The normalized spacial score (nSPS) is 11.3. The molecule has 0 radical (unpaired) electrons. The molecule has 0 spiro atoms. The molecule has 0 aliphatic heterocycles. The van der Waals surface area contributed by atoms with Gasteiger partial charge in [0.05, 0.1) is 11.2 Å². The molecule has 0 saturated carbocycles. The average molecular weight is 475 g/mol. The smallest absolute Gasteiger partial charge is 0.101 e. The molecule has 0 aliphatic rings. The first-order chi connectivity index (χ1) is 15.8. The molecule has 2 nitrogen and oxygen atoms in total. The molecule has 6 aromatic rings. The van der Waals surface area contributed by atoms with E-state index in [2.05, 4.69) is 124 Å². The van der Waals surface area contributed by atoms with Crippen LogP contribution < -0.4 is 0 Å². The van der Waals surface area contributed by atoms with E-state index in [0.717, 1.165) is 43.6 Å². The van der Waals surface area contributed by atoms with Gasteiger partial charge in [-0.2, -0.15) is 5.10 Å². The number of fused-ring (bicyclic) bond motifs is 3. The molecule has 0 amide bonds. The van der Waals surface area contributed by atoms with E-state index < -0.39 is 0 Å². The Labute approximate surface area is 194 Å². The van der Waals surface area contributed by atoms with Crippen molar-refractivity contribution in [2.45, 2.75) is 0 Å². The monoisotopic (exact) mass is 474 g/mol. The zero-order valence-corrected chi connectivity index (χ0v) is 18.8. The van der Waals surface area contributed by atoms with Gasteiger partial charge < -0.3 is 0 Å². The fourth-order valence-electron chi connectivity index (χ4n) is 4.39. The molecule has 0 atom stereocenters. The van der Waals surface area contributed by atoms with Gasteiger partial charge in [0.1, 0.15) is 5.69 Å². The number of pyridine rings is 1. The van der Waals surface area contributed by atoms with E-state index in [1.54, 1.807) is 0 Å². The zero-order valence-electron chi connectivity index (χ0n) is 17.2. The van der Waals surface area contributed by atoms with Crippen LogP contribution in [0.15, 0.2) is 120 Å². The molecule has 32 heavy (non-hydrogen) atoms. The molecule has 2 heterocycles. The standard InChI is InChI=1S/C29H19BrN2/c30-24-17-15-21(16-18-24)27-28(22-11-5-2-6-12-22)31-32-26(20-9-3-1-4-10-20)19-23-13-7-8-14-25(23)29(27)32/h1-19H. The summed E-state index contributed by atoms with van der Waals surface area (Å²) in [5.74, 6) is 0. The Balaban J connectivity index is 1.81. The highest BCUT2D eigenvalue weighted by Gasteiger charge is 2.21. The van der Waals surface area contributed by atoms with Crippen molar-refractivity contribution in [2.24, 2.45) is 0 Å². The Morgan fingerprint density at radius 2 is 1.22 bits per heavy atom. The minimum absolute atomic E-state index is 0.987. The first kappa shape index (κ1) is 19.0. The summed E-state index contributed by atoms with van der Waals surface area (Å²) in [6.45, 7) is 0. The predicted molar refractivity (Wildman–Crippen MR) is 137 cm³/mol. The van der Waals surface area contributed by atoms with E-state index in [9.17, 15) is 0 Å². The summed E-state index contributed by atoms with van der Waals surface area (Å²) in [5, 5.41) is 7.61. The maximum atomic E-state index is 5.21. The van der Waals surface area contributed by atoms with Gasteiger partial charge in [-0.05, 0) is 29.1 Å². The van der Waals surface area contributed by atoms with Gasteiger partial charge in [0.15, 0.2) is 0 Å². The summed E-state index contributed by atoms with van der Waals surface area (Å²) in [5.41, 5.74) is 7.75. The van der Waals surface area contributed by atoms with Crippen LogP contribution in [-0.2, 0) is 0 Å². The number of hydrogen-bond acceptors (Lipinski definition) is 1. The number of benzene rings is 4. The van der Waals surface area contributed by atoms with E-state index in [4.69, 9.17) is 5.10 Å². The van der Waals surface area contributed by atoms with Crippen molar-refractivity contribution in [2.75, 3.05) is 0 Å². The van der Waals surface area contributed by atoms with Gasteiger partial charge >= 0.3 is 0 Å². The van der Waals surface area contributed by atoms with Crippen LogP contribution in [0, 0.1) is 0 Å². The van der Waals surface area contributed by atoms with Gasteiger partial charge in [0.25, 0.3) is 0 Å². The van der Waals surface area contributed by atoms with Crippen LogP contribution in [-0.4, -0.2) is 9.61 Å². The second-order valence-electron chi connectivity index (χ2n) is 7.84. The molecule has 152 valence electrons. The topological polar surface area (TPSA) is 17.3 Å². The number of halogens is 1. The Morgan fingerprint density at radius 1 is 0.594 bits per heavy atom. The van der Waals surface area contributed by atoms with Crippen molar-refractivity contribution in [1.29, 1.82) is 0 Å². The van der Waals surface area contributed by atoms with Crippen LogP contribution in [0.2, 0.25) is 0 Å². The molecule has 0 bridgehead atoms. The molecular weight excluding hydrogens is 456 g/mol. The lowest BCUT2D eigenvalue weighted by molar-refractivity contribution is 0.979. The van der Waals surface area contributed by atoms with Crippen molar-refractivity contribution < 1.29 is 0 Å². The molecule has 4 aromatic carbocycles. The number of nitrogens with zero attached hydrogens (tertiary/aromatic N) is 2. The van der Waals surface area contributed by atoms with Crippen molar-refractivity contribution >= 4 is 32.2 Å². The van der Waals surface area contributed by atoms with Gasteiger partial charge in [0, 0.05) is 26.5 Å². The summed E-state index contributed by atoms with van der Waals surface area (Å²) in [6.07, 6.45) is 0. The Bertz CT molecular complexity index is 1550. The minimum atomic E-state index is 0.987. The lowest BCUT2D eigenvalue weighted by Gasteiger charge is -2.10. The van der Waals surface area contributed by atoms with Gasteiger partial charge in [-0.1, -0.05) is 113 Å². The van der Waals surface area contributed by atoms with Crippen LogP contribution in [0.1, 0.15) is 0 Å². The second-order valence-corrected chi connectivity index (χ2v) is 8.76. The highest BCUT2D eigenvalue weighted by molar-refractivity contribution is 9.10. The summed E-state index contributed by atoms with van der Waals surface area (Å²) in [7, 11) is 0. The number of hydrogen-bond donors (Lipinski definition) is 0. The van der Waals surface area contributed by atoms with E-state index >= 15 is 0 Å². The maximum Gasteiger partial charge on any atom is 0.101 e. The lowest BCUT2D eigenvalue weighted by Crippen LogP contribution is -1.95. The fourth-order valence-corrected chi connectivity index (χ4v) is 4.66. The third-order valence-electron chi connectivity index (χ3n) is 5.87. The van der Waals surface area contributed by atoms with E-state index in [1.807, 2.05) is 12.1 Å². The molecule has 0 aliphatic carbocycles. The predicted octanol–water partition coefficient (Wildman–Crippen LogP) is 8.25. The first-order valence-corrected chi connectivity index (χ1v) is 11.4. The van der Waals surface area contributed by atoms with Crippen LogP contribution >= 0.6 is 15.9 Å². The SMILES string of the molecule is Brc1ccc(-c2c(-c3ccccc3)nn3c(-c4ccccc4)cc4ccccc4c23)cc1. The Hall–Kier alpha value is -3.69. The highest BCUT2D eigenvalue weighted by Crippen LogP contribution is 2.40. The molecule has 0 saturated heterocycles. The second kappa shape index (κ2) is 7.77. The Morgan fingerprint density at radius 3 is 1.94 bits per heavy atom.